The number of carbonyl (C=O) groups excluding carboxylic acids is 2. The Labute approximate surface area is 166 Å². The van der Waals surface area contributed by atoms with E-state index in [0.29, 0.717) is 27.2 Å². The van der Waals surface area contributed by atoms with Crippen LogP contribution in [0.2, 0.25) is 10.0 Å². The van der Waals surface area contributed by atoms with Crippen LogP contribution in [0.3, 0.4) is 0 Å². The SMILES string of the molecule is COC(=O)[C@H]1CN(C(=O)[C@@H](C)Oc2ccc(Cl)cc2Cl)c2ccccc2O1. The summed E-state index contributed by atoms with van der Waals surface area (Å²) in [7, 11) is 1.27. The lowest BCUT2D eigenvalue weighted by Crippen LogP contribution is -2.51. The van der Waals surface area contributed by atoms with Crippen LogP contribution in [0, 0.1) is 0 Å². The molecule has 0 N–H and O–H groups in total. The molecule has 0 bridgehead atoms. The minimum absolute atomic E-state index is 0.0184. The zero-order valence-corrected chi connectivity index (χ0v) is 16.2. The van der Waals surface area contributed by atoms with Crippen LogP contribution in [0.1, 0.15) is 6.92 Å². The third-order valence-electron chi connectivity index (χ3n) is 4.05. The first-order valence-corrected chi connectivity index (χ1v) is 8.93. The molecule has 0 saturated carbocycles. The molecule has 3 rings (SSSR count). The standard InChI is InChI=1S/C19H17Cl2NO5/c1-11(26-15-8-7-12(20)9-13(15)21)18(23)22-10-17(19(24)25-2)27-16-6-4-3-5-14(16)22/h3-9,11,17H,10H2,1-2H3/t11-,17-/m1/s1. The van der Waals surface area contributed by atoms with Crippen LogP contribution in [0.25, 0.3) is 0 Å². The van der Waals surface area contributed by atoms with Gasteiger partial charge in [0.05, 0.1) is 24.4 Å². The van der Waals surface area contributed by atoms with Crippen molar-refractivity contribution < 1.29 is 23.8 Å². The first-order chi connectivity index (χ1) is 12.9. The molecule has 6 nitrogen and oxygen atoms in total. The maximum Gasteiger partial charge on any atom is 0.348 e. The highest BCUT2D eigenvalue weighted by Gasteiger charge is 2.36. The van der Waals surface area contributed by atoms with Crippen LogP contribution in [0.5, 0.6) is 11.5 Å². The largest absolute Gasteiger partial charge is 0.479 e. The summed E-state index contributed by atoms with van der Waals surface area (Å²) < 4.78 is 16.1. The molecular formula is C19H17Cl2NO5. The molecule has 0 fully saturated rings. The highest BCUT2D eigenvalue weighted by molar-refractivity contribution is 6.35. The number of benzene rings is 2. The van der Waals surface area contributed by atoms with Gasteiger partial charge in [0.25, 0.3) is 5.91 Å². The molecule has 1 aliphatic rings. The van der Waals surface area contributed by atoms with Gasteiger partial charge in [0, 0.05) is 5.02 Å². The van der Waals surface area contributed by atoms with Crippen molar-refractivity contribution in [3.63, 3.8) is 0 Å². The fourth-order valence-electron chi connectivity index (χ4n) is 2.73. The molecule has 0 aromatic heterocycles. The Balaban J connectivity index is 1.84. The molecule has 0 saturated heterocycles. The van der Waals surface area contributed by atoms with Crippen molar-refractivity contribution in [2.24, 2.45) is 0 Å². The van der Waals surface area contributed by atoms with E-state index in [4.69, 9.17) is 37.4 Å². The third-order valence-corrected chi connectivity index (χ3v) is 4.58. The van der Waals surface area contributed by atoms with E-state index >= 15 is 0 Å². The number of anilines is 1. The van der Waals surface area contributed by atoms with Crippen molar-refractivity contribution in [3.8, 4) is 11.5 Å². The van der Waals surface area contributed by atoms with Crippen LogP contribution >= 0.6 is 23.2 Å². The van der Waals surface area contributed by atoms with Crippen LogP contribution < -0.4 is 14.4 Å². The van der Waals surface area contributed by atoms with E-state index in [9.17, 15) is 9.59 Å². The molecule has 8 heteroatoms. The summed E-state index contributed by atoms with van der Waals surface area (Å²) in [6.07, 6.45) is -1.77. The number of carbonyl (C=O) groups is 2. The number of ether oxygens (including phenoxy) is 3. The van der Waals surface area contributed by atoms with E-state index < -0.39 is 18.2 Å². The Kier molecular flexibility index (Phi) is 5.77. The molecular weight excluding hydrogens is 393 g/mol. The van der Waals surface area contributed by atoms with Gasteiger partial charge >= 0.3 is 5.97 Å². The molecule has 2 atom stereocenters. The third kappa shape index (κ3) is 4.12. The van der Waals surface area contributed by atoms with Crippen LogP contribution in [0.15, 0.2) is 42.5 Å². The molecule has 1 aliphatic heterocycles. The second-order valence-electron chi connectivity index (χ2n) is 5.88. The fourth-order valence-corrected chi connectivity index (χ4v) is 3.18. The van der Waals surface area contributed by atoms with Crippen molar-refractivity contribution in [2.45, 2.75) is 19.1 Å². The van der Waals surface area contributed by atoms with E-state index in [2.05, 4.69) is 0 Å². The molecule has 0 unspecified atom stereocenters. The van der Waals surface area contributed by atoms with Gasteiger partial charge in [-0.3, -0.25) is 4.79 Å². The second kappa shape index (κ2) is 8.06. The molecule has 2 aromatic rings. The topological polar surface area (TPSA) is 65.1 Å². The lowest BCUT2D eigenvalue weighted by atomic mass is 10.1. The van der Waals surface area contributed by atoms with Gasteiger partial charge in [-0.15, -0.1) is 0 Å². The summed E-state index contributed by atoms with van der Waals surface area (Å²) in [5.74, 6) is -0.139. The van der Waals surface area contributed by atoms with Crippen molar-refractivity contribution in [3.05, 3.63) is 52.5 Å². The number of esters is 1. The summed E-state index contributed by atoms with van der Waals surface area (Å²) in [6.45, 7) is 1.63. The van der Waals surface area contributed by atoms with Crippen LogP contribution in [-0.2, 0) is 14.3 Å². The van der Waals surface area contributed by atoms with Gasteiger partial charge in [-0.25, -0.2) is 4.79 Å². The van der Waals surface area contributed by atoms with Crippen molar-refractivity contribution in [2.75, 3.05) is 18.6 Å². The number of methoxy groups -OCH3 is 1. The van der Waals surface area contributed by atoms with Gasteiger partial charge in [-0.05, 0) is 37.3 Å². The zero-order valence-electron chi connectivity index (χ0n) is 14.6. The number of para-hydroxylation sites is 2. The average molecular weight is 410 g/mol. The number of hydrogen-bond acceptors (Lipinski definition) is 5. The van der Waals surface area contributed by atoms with Crippen molar-refractivity contribution >= 4 is 40.8 Å². The number of amides is 1. The maximum absolute atomic E-state index is 13.0. The zero-order chi connectivity index (χ0) is 19.6. The Bertz CT molecular complexity index is 873. The van der Waals surface area contributed by atoms with E-state index in [1.54, 1.807) is 43.3 Å². The van der Waals surface area contributed by atoms with Gasteiger partial charge in [0.15, 0.2) is 6.10 Å². The first kappa shape index (κ1) is 19.3. The summed E-state index contributed by atoms with van der Waals surface area (Å²) in [6, 6.07) is 11.7. The Morgan fingerprint density at radius 3 is 2.67 bits per heavy atom. The summed E-state index contributed by atoms with van der Waals surface area (Å²) in [5.41, 5.74) is 0.556. The van der Waals surface area contributed by atoms with Crippen LogP contribution in [0.4, 0.5) is 5.69 Å². The summed E-state index contributed by atoms with van der Waals surface area (Å²) in [5, 5.41) is 0.770. The van der Waals surface area contributed by atoms with Gasteiger partial charge in [0.2, 0.25) is 6.10 Å². The fraction of sp³-hybridized carbons (Fsp3) is 0.263. The first-order valence-electron chi connectivity index (χ1n) is 8.17. The normalized spacial score (nSPS) is 16.7. The molecule has 1 heterocycles. The van der Waals surface area contributed by atoms with Gasteiger partial charge in [-0.1, -0.05) is 35.3 Å². The molecule has 0 aliphatic carbocycles. The Morgan fingerprint density at radius 1 is 1.22 bits per heavy atom. The van der Waals surface area contributed by atoms with Gasteiger partial charge < -0.3 is 19.1 Å². The van der Waals surface area contributed by atoms with Crippen molar-refractivity contribution in [1.29, 1.82) is 0 Å². The maximum atomic E-state index is 13.0. The quantitative estimate of drug-likeness (QED) is 0.719. The molecule has 142 valence electrons. The van der Waals surface area contributed by atoms with Gasteiger partial charge in [-0.2, -0.15) is 0 Å². The second-order valence-corrected chi connectivity index (χ2v) is 6.72. The minimum atomic E-state index is -0.917. The minimum Gasteiger partial charge on any atom is -0.479 e. The molecule has 0 radical (unpaired) electrons. The molecule has 1 amide bonds. The molecule has 27 heavy (non-hydrogen) atoms. The number of hydrogen-bond donors (Lipinski definition) is 0. The number of fused-ring (bicyclic) bond motifs is 1. The summed E-state index contributed by atoms with van der Waals surface area (Å²) >= 11 is 12.0. The monoisotopic (exact) mass is 409 g/mol. The lowest BCUT2D eigenvalue weighted by Gasteiger charge is -2.34. The number of nitrogens with zero attached hydrogens (tertiary/aromatic N) is 1. The smallest absolute Gasteiger partial charge is 0.348 e. The van der Waals surface area contributed by atoms with E-state index in [1.165, 1.54) is 18.1 Å². The van der Waals surface area contributed by atoms with Crippen molar-refractivity contribution in [1.82, 2.24) is 0 Å². The van der Waals surface area contributed by atoms with E-state index in [-0.39, 0.29) is 12.5 Å². The van der Waals surface area contributed by atoms with Crippen LogP contribution in [-0.4, -0.2) is 37.7 Å². The number of rotatable bonds is 4. The van der Waals surface area contributed by atoms with E-state index in [0.717, 1.165) is 0 Å². The Hall–Kier alpha value is -2.44. The Morgan fingerprint density at radius 2 is 1.96 bits per heavy atom. The predicted octanol–water partition coefficient (Wildman–Crippen LogP) is 3.73. The summed E-state index contributed by atoms with van der Waals surface area (Å²) in [4.78, 5) is 26.4. The lowest BCUT2D eigenvalue weighted by molar-refractivity contribution is -0.148. The highest BCUT2D eigenvalue weighted by Crippen LogP contribution is 2.34. The predicted molar refractivity (Wildman–Crippen MR) is 102 cm³/mol. The average Bonchev–Trinajstić information content (AvgIpc) is 2.67. The molecule has 2 aromatic carbocycles. The highest BCUT2D eigenvalue weighted by atomic mass is 35.5. The van der Waals surface area contributed by atoms with Gasteiger partial charge in [0.1, 0.15) is 11.5 Å². The van der Waals surface area contributed by atoms with E-state index in [1.807, 2.05) is 0 Å². The molecule has 0 spiro atoms. The number of halogens is 2.